The summed E-state index contributed by atoms with van der Waals surface area (Å²) in [5.41, 5.74) is 2.37. The molecule has 5 nitrogen and oxygen atoms in total. The van der Waals surface area contributed by atoms with Gasteiger partial charge >= 0.3 is 0 Å². The molecular weight excluding hydrogens is 320 g/mol. The van der Waals surface area contributed by atoms with Crippen LogP contribution in [0.4, 0.5) is 0 Å². The fourth-order valence-electron chi connectivity index (χ4n) is 2.54. The van der Waals surface area contributed by atoms with E-state index in [4.69, 9.17) is 0 Å². The number of hydrogen-bond donors (Lipinski definition) is 1. The molecule has 24 heavy (non-hydrogen) atoms. The summed E-state index contributed by atoms with van der Waals surface area (Å²) in [6.07, 6.45) is 2.22. The van der Waals surface area contributed by atoms with Crippen molar-refractivity contribution in [2.45, 2.75) is 57.3 Å². The average Bonchev–Trinajstić information content (AvgIpc) is 3.29. The third-order valence-corrected chi connectivity index (χ3v) is 5.11. The van der Waals surface area contributed by atoms with Crippen LogP contribution >= 0.6 is 11.8 Å². The van der Waals surface area contributed by atoms with Crippen molar-refractivity contribution in [1.29, 1.82) is 0 Å². The summed E-state index contributed by atoms with van der Waals surface area (Å²) >= 11 is 1.45. The van der Waals surface area contributed by atoms with E-state index in [0.717, 1.165) is 35.9 Å². The second-order valence-corrected chi connectivity index (χ2v) is 7.40. The van der Waals surface area contributed by atoms with E-state index in [1.54, 1.807) is 0 Å². The highest BCUT2D eigenvalue weighted by atomic mass is 32.2. The molecule has 1 amide bonds. The number of nitrogens with zero attached hydrogens (tertiary/aromatic N) is 3. The predicted molar refractivity (Wildman–Crippen MR) is 97.1 cm³/mol. The van der Waals surface area contributed by atoms with Gasteiger partial charge in [-0.2, -0.15) is 0 Å². The zero-order valence-electron chi connectivity index (χ0n) is 14.5. The van der Waals surface area contributed by atoms with E-state index in [0.29, 0.717) is 17.7 Å². The van der Waals surface area contributed by atoms with Crippen molar-refractivity contribution in [3.63, 3.8) is 0 Å². The van der Waals surface area contributed by atoms with Gasteiger partial charge in [0.25, 0.3) is 0 Å². The van der Waals surface area contributed by atoms with Crippen LogP contribution in [0, 0.1) is 0 Å². The molecule has 1 aliphatic carbocycles. The zero-order valence-corrected chi connectivity index (χ0v) is 15.3. The van der Waals surface area contributed by atoms with Crippen LogP contribution in [0.1, 0.15) is 45.1 Å². The number of thioether (sulfide) groups is 1. The number of carbonyl (C=O) groups is 1. The van der Waals surface area contributed by atoms with Crippen molar-refractivity contribution in [2.24, 2.45) is 0 Å². The number of rotatable bonds is 7. The van der Waals surface area contributed by atoms with E-state index < -0.39 is 0 Å². The first-order valence-corrected chi connectivity index (χ1v) is 9.52. The Labute approximate surface area is 147 Å². The first-order chi connectivity index (χ1) is 11.6. The number of nitrogens with one attached hydrogen (secondary N) is 1. The maximum absolute atomic E-state index is 11.9. The van der Waals surface area contributed by atoms with Crippen molar-refractivity contribution in [2.75, 3.05) is 5.75 Å². The standard InChI is InChI=1S/C18H24N4OS/c1-4-22-17(14-7-5-13(6-8-14)12(2)3)20-21-18(22)24-11-16(23)19-15-9-10-15/h5-8,12,15H,4,9-11H2,1-3H3,(H,19,23). The Bertz CT molecular complexity index is 704. The molecule has 0 radical (unpaired) electrons. The molecule has 1 N–H and O–H groups in total. The Morgan fingerprint density at radius 2 is 2.00 bits per heavy atom. The van der Waals surface area contributed by atoms with Gasteiger partial charge in [0.2, 0.25) is 5.91 Å². The maximum atomic E-state index is 11.9. The second kappa shape index (κ2) is 7.38. The van der Waals surface area contributed by atoms with E-state index in [1.165, 1.54) is 17.3 Å². The van der Waals surface area contributed by atoms with Crippen LogP contribution in [-0.4, -0.2) is 32.5 Å². The molecule has 1 aromatic heterocycles. The van der Waals surface area contributed by atoms with E-state index in [-0.39, 0.29) is 5.91 Å². The Balaban J connectivity index is 1.72. The average molecular weight is 344 g/mol. The topological polar surface area (TPSA) is 59.8 Å². The molecule has 0 atom stereocenters. The first-order valence-electron chi connectivity index (χ1n) is 8.54. The maximum Gasteiger partial charge on any atom is 0.230 e. The van der Waals surface area contributed by atoms with Gasteiger partial charge in [-0.05, 0) is 31.2 Å². The number of aromatic nitrogens is 3. The van der Waals surface area contributed by atoms with Gasteiger partial charge in [0, 0.05) is 18.2 Å². The highest BCUT2D eigenvalue weighted by Gasteiger charge is 2.23. The molecule has 128 valence electrons. The fraction of sp³-hybridized carbons (Fsp3) is 0.500. The molecule has 2 aromatic rings. The van der Waals surface area contributed by atoms with E-state index >= 15 is 0 Å². The van der Waals surface area contributed by atoms with Crippen LogP contribution in [0.2, 0.25) is 0 Å². The fourth-order valence-corrected chi connectivity index (χ4v) is 3.35. The van der Waals surface area contributed by atoms with E-state index in [2.05, 4.69) is 65.1 Å². The molecule has 3 rings (SSSR count). The molecule has 1 aliphatic rings. The molecular formula is C18H24N4OS. The van der Waals surface area contributed by atoms with Crippen LogP contribution in [0.3, 0.4) is 0 Å². The molecule has 0 bridgehead atoms. The quantitative estimate of drug-likeness (QED) is 0.782. The van der Waals surface area contributed by atoms with Gasteiger partial charge < -0.3 is 9.88 Å². The van der Waals surface area contributed by atoms with E-state index in [9.17, 15) is 4.79 Å². The smallest absolute Gasteiger partial charge is 0.230 e. The Hall–Kier alpha value is -1.82. The molecule has 1 fully saturated rings. The minimum absolute atomic E-state index is 0.0796. The van der Waals surface area contributed by atoms with Gasteiger partial charge in [-0.1, -0.05) is 49.9 Å². The number of hydrogen-bond acceptors (Lipinski definition) is 4. The first kappa shape index (κ1) is 17.0. The minimum atomic E-state index is 0.0796. The summed E-state index contributed by atoms with van der Waals surface area (Å²) in [5, 5.41) is 12.4. The summed E-state index contributed by atoms with van der Waals surface area (Å²) < 4.78 is 2.07. The Morgan fingerprint density at radius 1 is 1.29 bits per heavy atom. The van der Waals surface area contributed by atoms with Crippen LogP contribution in [0.5, 0.6) is 0 Å². The monoisotopic (exact) mass is 344 g/mol. The molecule has 0 saturated heterocycles. The van der Waals surface area contributed by atoms with Crippen molar-refractivity contribution in [1.82, 2.24) is 20.1 Å². The van der Waals surface area contributed by atoms with Crippen molar-refractivity contribution < 1.29 is 4.79 Å². The van der Waals surface area contributed by atoms with Gasteiger partial charge in [0.15, 0.2) is 11.0 Å². The lowest BCUT2D eigenvalue weighted by Gasteiger charge is -2.09. The second-order valence-electron chi connectivity index (χ2n) is 6.46. The molecule has 0 aliphatic heterocycles. The third-order valence-electron chi connectivity index (χ3n) is 4.14. The minimum Gasteiger partial charge on any atom is -0.353 e. The predicted octanol–water partition coefficient (Wildman–Crippen LogP) is 3.46. The van der Waals surface area contributed by atoms with Crippen molar-refractivity contribution >= 4 is 17.7 Å². The molecule has 1 saturated carbocycles. The van der Waals surface area contributed by atoms with Gasteiger partial charge in [-0.3, -0.25) is 4.79 Å². The molecule has 0 unspecified atom stereocenters. The van der Waals surface area contributed by atoms with Crippen molar-refractivity contribution in [3.8, 4) is 11.4 Å². The van der Waals surface area contributed by atoms with Crippen LogP contribution in [-0.2, 0) is 11.3 Å². The molecule has 0 spiro atoms. The Morgan fingerprint density at radius 3 is 2.58 bits per heavy atom. The van der Waals surface area contributed by atoms with Gasteiger partial charge in [-0.25, -0.2) is 0 Å². The molecule has 6 heteroatoms. The van der Waals surface area contributed by atoms with E-state index in [1.807, 2.05) is 0 Å². The largest absolute Gasteiger partial charge is 0.353 e. The summed E-state index contributed by atoms with van der Waals surface area (Å²) in [7, 11) is 0. The highest BCUT2D eigenvalue weighted by molar-refractivity contribution is 7.99. The van der Waals surface area contributed by atoms with Crippen LogP contribution in [0.15, 0.2) is 29.4 Å². The lowest BCUT2D eigenvalue weighted by molar-refractivity contribution is -0.118. The molecule has 1 aromatic carbocycles. The third kappa shape index (κ3) is 3.98. The molecule has 1 heterocycles. The summed E-state index contributed by atoms with van der Waals surface area (Å²) in [6, 6.07) is 8.88. The zero-order chi connectivity index (χ0) is 17.1. The van der Waals surface area contributed by atoms with Gasteiger partial charge in [-0.15, -0.1) is 10.2 Å². The normalized spacial score (nSPS) is 14.2. The lowest BCUT2D eigenvalue weighted by Crippen LogP contribution is -2.27. The van der Waals surface area contributed by atoms with Crippen molar-refractivity contribution in [3.05, 3.63) is 29.8 Å². The number of carbonyl (C=O) groups excluding carboxylic acids is 1. The lowest BCUT2D eigenvalue weighted by atomic mass is 10.0. The number of amides is 1. The summed E-state index contributed by atoms with van der Waals surface area (Å²) in [5.74, 6) is 1.84. The van der Waals surface area contributed by atoms with Gasteiger partial charge in [0.1, 0.15) is 0 Å². The van der Waals surface area contributed by atoms with Crippen LogP contribution < -0.4 is 5.32 Å². The Kier molecular flexibility index (Phi) is 5.23. The highest BCUT2D eigenvalue weighted by Crippen LogP contribution is 2.26. The summed E-state index contributed by atoms with van der Waals surface area (Å²) in [4.78, 5) is 11.9. The number of benzene rings is 1. The van der Waals surface area contributed by atoms with Gasteiger partial charge in [0.05, 0.1) is 5.75 Å². The SMILES string of the molecule is CCn1c(SCC(=O)NC2CC2)nnc1-c1ccc(C(C)C)cc1. The van der Waals surface area contributed by atoms with Crippen LogP contribution in [0.25, 0.3) is 11.4 Å². The summed E-state index contributed by atoms with van der Waals surface area (Å²) in [6.45, 7) is 7.22.